The van der Waals surface area contributed by atoms with Gasteiger partial charge >= 0.3 is 0 Å². The first-order valence-electron chi connectivity index (χ1n) is 14.7. The van der Waals surface area contributed by atoms with Gasteiger partial charge in [-0.3, -0.25) is 14.6 Å². The van der Waals surface area contributed by atoms with E-state index in [4.69, 9.17) is 9.47 Å². The summed E-state index contributed by atoms with van der Waals surface area (Å²) in [5, 5.41) is 5.96. The fraction of sp³-hybridized carbons (Fsp3) is 0.286. The maximum absolute atomic E-state index is 13.7. The van der Waals surface area contributed by atoms with Gasteiger partial charge in [0.05, 0.1) is 11.2 Å². The van der Waals surface area contributed by atoms with Crippen LogP contribution in [0.25, 0.3) is 11.1 Å². The van der Waals surface area contributed by atoms with Gasteiger partial charge in [-0.2, -0.15) is 0 Å². The Bertz CT molecular complexity index is 1670. The minimum absolute atomic E-state index is 0.196. The second-order valence-corrected chi connectivity index (χ2v) is 11.5. The van der Waals surface area contributed by atoms with E-state index < -0.39 is 17.6 Å². The summed E-state index contributed by atoms with van der Waals surface area (Å²) in [4.78, 5) is 33.3. The van der Waals surface area contributed by atoms with Gasteiger partial charge < -0.3 is 25.0 Å². The molecule has 2 unspecified atom stereocenters. The summed E-state index contributed by atoms with van der Waals surface area (Å²) in [6.07, 6.45) is 2.78. The van der Waals surface area contributed by atoms with E-state index in [1.807, 2.05) is 67.5 Å². The van der Waals surface area contributed by atoms with Crippen molar-refractivity contribution < 1.29 is 23.5 Å². The Labute approximate surface area is 256 Å². The average Bonchev–Trinajstić information content (AvgIpc) is 3.72. The lowest BCUT2D eigenvalue weighted by atomic mass is 9.88. The van der Waals surface area contributed by atoms with E-state index in [0.29, 0.717) is 41.3 Å². The van der Waals surface area contributed by atoms with E-state index in [2.05, 4.69) is 15.6 Å². The number of rotatable bonds is 10. The monoisotopic (exact) mass is 594 g/mol. The lowest BCUT2D eigenvalue weighted by Crippen LogP contribution is -2.35. The van der Waals surface area contributed by atoms with Crippen molar-refractivity contribution in [2.75, 3.05) is 34.3 Å². The molecule has 6 rings (SSSR count). The number of aromatic nitrogens is 1. The standard InChI is InChI=1S/C35H35FN4O4/c1-37-34(42)31-27-20-23(9-14-29(27)44-32(31)22-7-11-25(36)12-8-22)26-21-24(10-13-28(26)43-19-18-40(2)3)33(41)39-35(15-16-35)30-6-4-5-17-38-30/h4-14,17,20-21,31-32H,15-16,18-19H2,1-3H3,(H,37,42)(H,39,41). The number of hydrogen-bond acceptors (Lipinski definition) is 6. The molecular formula is C35H35FN4O4. The zero-order valence-electron chi connectivity index (χ0n) is 25.0. The molecule has 2 atom stereocenters. The largest absolute Gasteiger partial charge is 0.492 e. The fourth-order valence-electron chi connectivity index (χ4n) is 5.65. The predicted molar refractivity (Wildman–Crippen MR) is 165 cm³/mol. The van der Waals surface area contributed by atoms with Crippen LogP contribution in [0.1, 0.15) is 52.0 Å². The highest BCUT2D eigenvalue weighted by atomic mass is 19.1. The van der Waals surface area contributed by atoms with Gasteiger partial charge in [-0.1, -0.05) is 24.3 Å². The van der Waals surface area contributed by atoms with E-state index >= 15 is 0 Å². The summed E-state index contributed by atoms with van der Waals surface area (Å²) in [5.74, 6) is -0.223. The summed E-state index contributed by atoms with van der Waals surface area (Å²) < 4.78 is 26.1. The lowest BCUT2D eigenvalue weighted by Gasteiger charge is -2.19. The second kappa shape index (κ2) is 12.1. The van der Waals surface area contributed by atoms with Crippen molar-refractivity contribution in [2.24, 2.45) is 0 Å². The van der Waals surface area contributed by atoms with Gasteiger partial charge in [0.25, 0.3) is 5.91 Å². The number of amides is 2. The maximum atomic E-state index is 13.7. The molecule has 1 fully saturated rings. The molecule has 9 heteroatoms. The van der Waals surface area contributed by atoms with Crippen molar-refractivity contribution in [2.45, 2.75) is 30.4 Å². The Morgan fingerprint density at radius 2 is 1.84 bits per heavy atom. The van der Waals surface area contributed by atoms with Crippen molar-refractivity contribution in [1.29, 1.82) is 0 Å². The molecule has 0 spiro atoms. The number of carbonyl (C=O) groups excluding carboxylic acids is 2. The van der Waals surface area contributed by atoms with Crippen LogP contribution in [0.15, 0.2) is 85.1 Å². The van der Waals surface area contributed by atoms with E-state index in [0.717, 1.165) is 29.7 Å². The first-order chi connectivity index (χ1) is 21.3. The zero-order chi connectivity index (χ0) is 30.8. The van der Waals surface area contributed by atoms with Gasteiger partial charge in [-0.05, 0) is 92.7 Å². The van der Waals surface area contributed by atoms with Gasteiger partial charge in [-0.25, -0.2) is 4.39 Å². The van der Waals surface area contributed by atoms with Crippen molar-refractivity contribution >= 4 is 11.8 Å². The van der Waals surface area contributed by atoms with E-state index in [9.17, 15) is 14.0 Å². The number of carbonyl (C=O) groups is 2. The normalized spacial score (nSPS) is 17.8. The average molecular weight is 595 g/mol. The Morgan fingerprint density at radius 3 is 2.52 bits per heavy atom. The SMILES string of the molecule is CNC(=O)C1c2cc(-c3cc(C(=O)NC4(c5ccccn5)CC4)ccc3OCCN(C)C)ccc2OC1c1ccc(F)cc1. The third-order valence-corrected chi connectivity index (χ3v) is 8.24. The Kier molecular flexibility index (Phi) is 8.05. The molecule has 1 aromatic heterocycles. The van der Waals surface area contributed by atoms with Crippen molar-refractivity contribution in [3.63, 3.8) is 0 Å². The Morgan fingerprint density at radius 1 is 1.05 bits per heavy atom. The number of pyridine rings is 1. The number of nitrogens with zero attached hydrogens (tertiary/aromatic N) is 2. The molecule has 226 valence electrons. The van der Waals surface area contributed by atoms with E-state index in [1.54, 1.807) is 31.4 Å². The molecule has 44 heavy (non-hydrogen) atoms. The summed E-state index contributed by atoms with van der Waals surface area (Å²) >= 11 is 0. The molecule has 1 aliphatic carbocycles. The van der Waals surface area contributed by atoms with Crippen LogP contribution in [0.2, 0.25) is 0 Å². The zero-order valence-corrected chi connectivity index (χ0v) is 25.0. The van der Waals surface area contributed by atoms with Crippen LogP contribution in [0.4, 0.5) is 4.39 Å². The van der Waals surface area contributed by atoms with Crippen LogP contribution in [0, 0.1) is 5.82 Å². The Hall–Kier alpha value is -4.76. The first kappa shape index (κ1) is 29.3. The molecule has 3 aromatic carbocycles. The van der Waals surface area contributed by atoms with E-state index in [1.165, 1.54) is 12.1 Å². The summed E-state index contributed by atoms with van der Waals surface area (Å²) in [7, 11) is 5.54. The van der Waals surface area contributed by atoms with Crippen LogP contribution in [0.5, 0.6) is 11.5 Å². The van der Waals surface area contributed by atoms with Crippen LogP contribution in [0.3, 0.4) is 0 Å². The summed E-state index contributed by atoms with van der Waals surface area (Å²) in [6, 6.07) is 22.8. The highest BCUT2D eigenvalue weighted by Gasteiger charge is 2.47. The molecule has 8 nitrogen and oxygen atoms in total. The number of likely N-dealkylation sites (N-methyl/N-ethyl adjacent to an activating group) is 2. The number of ether oxygens (including phenoxy) is 2. The number of benzene rings is 3. The summed E-state index contributed by atoms with van der Waals surface area (Å²) in [5.41, 5.74) is 3.80. The smallest absolute Gasteiger partial charge is 0.252 e. The van der Waals surface area contributed by atoms with Gasteiger partial charge in [0.2, 0.25) is 5.91 Å². The highest BCUT2D eigenvalue weighted by Crippen LogP contribution is 2.48. The van der Waals surface area contributed by atoms with Gasteiger partial charge in [-0.15, -0.1) is 0 Å². The highest BCUT2D eigenvalue weighted by molar-refractivity contribution is 5.97. The number of fused-ring (bicyclic) bond motifs is 1. The molecular weight excluding hydrogens is 559 g/mol. The van der Waals surface area contributed by atoms with Crippen LogP contribution >= 0.6 is 0 Å². The number of hydrogen-bond donors (Lipinski definition) is 2. The van der Waals surface area contributed by atoms with Crippen LogP contribution < -0.4 is 20.1 Å². The second-order valence-electron chi connectivity index (χ2n) is 11.5. The molecule has 0 radical (unpaired) electrons. The quantitative estimate of drug-likeness (QED) is 0.262. The van der Waals surface area contributed by atoms with Crippen LogP contribution in [-0.4, -0.2) is 56.0 Å². The molecule has 2 heterocycles. The van der Waals surface area contributed by atoms with Crippen molar-refractivity contribution in [3.05, 3.63) is 113 Å². The molecule has 2 N–H and O–H groups in total. The van der Waals surface area contributed by atoms with Gasteiger partial charge in [0.1, 0.15) is 35.9 Å². The minimum Gasteiger partial charge on any atom is -0.492 e. The third kappa shape index (κ3) is 5.88. The lowest BCUT2D eigenvalue weighted by molar-refractivity contribution is -0.123. The van der Waals surface area contributed by atoms with Gasteiger partial charge in [0.15, 0.2) is 0 Å². The molecule has 0 bridgehead atoms. The molecule has 1 aliphatic heterocycles. The number of halogens is 1. The summed E-state index contributed by atoms with van der Waals surface area (Å²) in [6.45, 7) is 1.17. The molecule has 4 aromatic rings. The van der Waals surface area contributed by atoms with Gasteiger partial charge in [0, 0.05) is 36.5 Å². The first-order valence-corrected chi connectivity index (χ1v) is 14.7. The molecule has 1 saturated carbocycles. The minimum atomic E-state index is -0.655. The fourth-order valence-corrected chi connectivity index (χ4v) is 5.65. The topological polar surface area (TPSA) is 92.8 Å². The number of nitrogens with one attached hydrogen (secondary N) is 2. The Balaban J connectivity index is 1.35. The van der Waals surface area contributed by atoms with Crippen molar-refractivity contribution in [3.8, 4) is 22.6 Å². The van der Waals surface area contributed by atoms with Crippen molar-refractivity contribution in [1.82, 2.24) is 20.5 Å². The van der Waals surface area contributed by atoms with Crippen LogP contribution in [-0.2, 0) is 10.3 Å². The van der Waals surface area contributed by atoms with E-state index in [-0.39, 0.29) is 17.6 Å². The molecule has 2 amide bonds. The maximum Gasteiger partial charge on any atom is 0.252 e. The molecule has 2 aliphatic rings. The third-order valence-electron chi connectivity index (χ3n) is 8.24. The molecule has 0 saturated heterocycles. The predicted octanol–water partition coefficient (Wildman–Crippen LogP) is 5.21.